The summed E-state index contributed by atoms with van der Waals surface area (Å²) in [4.78, 5) is 30.0. The summed E-state index contributed by atoms with van der Waals surface area (Å²) in [5, 5.41) is 15.5. The van der Waals surface area contributed by atoms with E-state index in [0.717, 1.165) is 0 Å². The van der Waals surface area contributed by atoms with Crippen molar-refractivity contribution in [3.63, 3.8) is 0 Å². The molecule has 0 aliphatic rings. The van der Waals surface area contributed by atoms with E-state index in [9.17, 15) is 19.3 Å². The number of aromatic nitrogens is 4. The number of H-pyrrole nitrogens is 1. The zero-order valence-corrected chi connectivity index (χ0v) is 14.0. The molecular formula is C18H12FN5O3. The van der Waals surface area contributed by atoms with Gasteiger partial charge in [-0.05, 0) is 43.3 Å². The van der Waals surface area contributed by atoms with E-state index < -0.39 is 4.92 Å². The third-order valence-electron chi connectivity index (χ3n) is 4.14. The van der Waals surface area contributed by atoms with Crippen LogP contribution in [0.2, 0.25) is 0 Å². The molecule has 0 amide bonds. The van der Waals surface area contributed by atoms with Crippen LogP contribution in [0.4, 0.5) is 10.1 Å². The second-order valence-corrected chi connectivity index (χ2v) is 5.89. The smallest absolute Gasteiger partial charge is 0.269 e. The highest BCUT2D eigenvalue weighted by Gasteiger charge is 2.16. The summed E-state index contributed by atoms with van der Waals surface area (Å²) in [6, 6.07) is 11.3. The predicted octanol–water partition coefficient (Wildman–Crippen LogP) is 3.13. The minimum atomic E-state index is -0.504. The molecule has 2 heterocycles. The molecule has 134 valence electrons. The van der Waals surface area contributed by atoms with E-state index >= 15 is 0 Å². The number of nitrogens with zero attached hydrogens (tertiary/aromatic N) is 4. The van der Waals surface area contributed by atoms with Crippen molar-refractivity contribution in [2.45, 2.75) is 6.92 Å². The van der Waals surface area contributed by atoms with Crippen LogP contribution in [0, 0.1) is 22.9 Å². The van der Waals surface area contributed by atoms with Crippen molar-refractivity contribution in [3.8, 4) is 17.1 Å². The lowest BCUT2D eigenvalue weighted by molar-refractivity contribution is -0.384. The van der Waals surface area contributed by atoms with Crippen LogP contribution in [0.3, 0.4) is 0 Å². The summed E-state index contributed by atoms with van der Waals surface area (Å²) in [7, 11) is 0. The van der Waals surface area contributed by atoms with Gasteiger partial charge in [0.1, 0.15) is 17.0 Å². The molecule has 4 aromatic rings. The van der Waals surface area contributed by atoms with E-state index in [0.29, 0.717) is 28.0 Å². The van der Waals surface area contributed by atoms with E-state index in [1.807, 2.05) is 0 Å². The maximum Gasteiger partial charge on any atom is 0.269 e. The van der Waals surface area contributed by atoms with E-state index in [1.54, 1.807) is 6.92 Å². The lowest BCUT2D eigenvalue weighted by Crippen LogP contribution is -2.10. The van der Waals surface area contributed by atoms with E-state index in [-0.39, 0.29) is 22.9 Å². The number of benzene rings is 2. The Hall–Kier alpha value is -3.88. The Morgan fingerprint density at radius 3 is 2.41 bits per heavy atom. The maximum atomic E-state index is 13.2. The highest BCUT2D eigenvalue weighted by Crippen LogP contribution is 2.22. The highest BCUT2D eigenvalue weighted by atomic mass is 19.1. The van der Waals surface area contributed by atoms with Crippen molar-refractivity contribution < 1.29 is 9.31 Å². The number of rotatable bonds is 3. The molecule has 0 aliphatic carbocycles. The summed E-state index contributed by atoms with van der Waals surface area (Å²) in [6.45, 7) is 1.69. The zero-order valence-electron chi connectivity index (χ0n) is 14.0. The Labute approximate surface area is 151 Å². The lowest BCUT2D eigenvalue weighted by Gasteiger charge is -2.05. The molecule has 9 heteroatoms. The quantitative estimate of drug-likeness (QED) is 0.443. The fourth-order valence-corrected chi connectivity index (χ4v) is 2.83. The molecule has 0 spiro atoms. The number of halogens is 1. The first-order valence-electron chi connectivity index (χ1n) is 7.94. The summed E-state index contributed by atoms with van der Waals surface area (Å²) >= 11 is 0. The molecule has 0 saturated carbocycles. The van der Waals surface area contributed by atoms with Crippen LogP contribution in [0.1, 0.15) is 5.69 Å². The van der Waals surface area contributed by atoms with Crippen LogP contribution in [0.5, 0.6) is 0 Å². The number of nitrogens with one attached hydrogen (secondary N) is 1. The molecule has 8 nitrogen and oxygen atoms in total. The minimum Gasteiger partial charge on any atom is -0.306 e. The fraction of sp³-hybridized carbons (Fsp3) is 0.0556. The number of nitro benzene ring substituents is 1. The van der Waals surface area contributed by atoms with Gasteiger partial charge in [0.25, 0.3) is 11.2 Å². The molecule has 0 bridgehead atoms. The number of fused-ring (bicyclic) bond motifs is 1. The molecule has 2 aromatic heterocycles. The van der Waals surface area contributed by atoms with Gasteiger partial charge in [-0.2, -0.15) is 5.10 Å². The molecule has 0 atom stereocenters. The third-order valence-corrected chi connectivity index (χ3v) is 4.14. The van der Waals surface area contributed by atoms with Gasteiger partial charge in [-0.3, -0.25) is 14.9 Å². The first kappa shape index (κ1) is 16.6. The summed E-state index contributed by atoms with van der Waals surface area (Å²) in [6.07, 6.45) is 0. The van der Waals surface area contributed by atoms with Crippen molar-refractivity contribution in [1.82, 2.24) is 19.7 Å². The molecule has 1 N–H and O–H groups in total. The Kier molecular flexibility index (Phi) is 3.76. The van der Waals surface area contributed by atoms with Crippen LogP contribution in [0.25, 0.3) is 28.1 Å². The van der Waals surface area contributed by atoms with Crippen molar-refractivity contribution in [3.05, 3.63) is 80.5 Å². The van der Waals surface area contributed by atoms with Gasteiger partial charge < -0.3 is 4.98 Å². The van der Waals surface area contributed by atoms with Gasteiger partial charge in [-0.25, -0.2) is 14.1 Å². The SMILES string of the molecule is Cc1nn(-c2ccc(F)cc2)c2nc(-c3ccc([N+](=O)[O-])cc3)[nH]c(=O)c12. The Balaban J connectivity index is 1.91. The Morgan fingerprint density at radius 1 is 1.11 bits per heavy atom. The third kappa shape index (κ3) is 2.84. The van der Waals surface area contributed by atoms with Gasteiger partial charge in [-0.1, -0.05) is 0 Å². The number of aryl methyl sites for hydroxylation is 1. The topological polar surface area (TPSA) is 107 Å². The number of hydrogen-bond acceptors (Lipinski definition) is 5. The summed E-state index contributed by atoms with van der Waals surface area (Å²) < 4.78 is 14.7. The first-order chi connectivity index (χ1) is 12.9. The second kappa shape index (κ2) is 6.13. The summed E-state index contributed by atoms with van der Waals surface area (Å²) in [5.74, 6) is -0.130. The molecule has 0 unspecified atom stereocenters. The lowest BCUT2D eigenvalue weighted by atomic mass is 10.2. The number of hydrogen-bond donors (Lipinski definition) is 1. The second-order valence-electron chi connectivity index (χ2n) is 5.89. The van der Waals surface area contributed by atoms with Crippen molar-refractivity contribution in [2.75, 3.05) is 0 Å². The van der Waals surface area contributed by atoms with Gasteiger partial charge in [0.05, 0.1) is 16.3 Å². The Morgan fingerprint density at radius 2 is 1.78 bits per heavy atom. The van der Waals surface area contributed by atoms with Crippen molar-refractivity contribution in [2.24, 2.45) is 0 Å². The first-order valence-corrected chi connectivity index (χ1v) is 7.94. The largest absolute Gasteiger partial charge is 0.306 e. The predicted molar refractivity (Wildman–Crippen MR) is 96.3 cm³/mol. The highest BCUT2D eigenvalue weighted by molar-refractivity contribution is 5.80. The molecule has 0 aliphatic heterocycles. The molecule has 4 rings (SSSR count). The normalized spacial score (nSPS) is 11.0. The number of nitro groups is 1. The van der Waals surface area contributed by atoms with Gasteiger partial charge in [0.2, 0.25) is 0 Å². The minimum absolute atomic E-state index is 0.0608. The van der Waals surface area contributed by atoms with E-state index in [1.165, 1.54) is 53.2 Å². The van der Waals surface area contributed by atoms with Crippen LogP contribution in [0.15, 0.2) is 53.3 Å². The molecule has 0 fully saturated rings. The summed E-state index contributed by atoms with van der Waals surface area (Å²) in [5.41, 5.74) is 1.44. The molecule has 0 radical (unpaired) electrons. The van der Waals surface area contributed by atoms with Gasteiger partial charge in [0, 0.05) is 17.7 Å². The molecule has 0 saturated heterocycles. The monoisotopic (exact) mass is 365 g/mol. The maximum absolute atomic E-state index is 13.2. The van der Waals surface area contributed by atoms with Crippen LogP contribution < -0.4 is 5.56 Å². The van der Waals surface area contributed by atoms with Gasteiger partial charge in [0.15, 0.2) is 5.65 Å². The number of aromatic amines is 1. The van der Waals surface area contributed by atoms with Crippen LogP contribution in [-0.2, 0) is 0 Å². The van der Waals surface area contributed by atoms with Crippen molar-refractivity contribution >= 4 is 16.7 Å². The fourth-order valence-electron chi connectivity index (χ4n) is 2.83. The molecule has 27 heavy (non-hydrogen) atoms. The van der Waals surface area contributed by atoms with Gasteiger partial charge >= 0.3 is 0 Å². The molecular weight excluding hydrogens is 353 g/mol. The average Bonchev–Trinajstić information content (AvgIpc) is 2.99. The average molecular weight is 365 g/mol. The number of non-ortho nitro benzene ring substituents is 1. The molecule has 2 aromatic carbocycles. The van der Waals surface area contributed by atoms with E-state index in [2.05, 4.69) is 15.1 Å². The van der Waals surface area contributed by atoms with E-state index in [4.69, 9.17) is 0 Å². The van der Waals surface area contributed by atoms with Crippen LogP contribution in [-0.4, -0.2) is 24.7 Å². The van der Waals surface area contributed by atoms with Crippen molar-refractivity contribution in [1.29, 1.82) is 0 Å². The van der Waals surface area contributed by atoms with Crippen LogP contribution >= 0.6 is 0 Å². The Bertz CT molecular complexity index is 1230. The van der Waals surface area contributed by atoms with Gasteiger partial charge in [-0.15, -0.1) is 0 Å². The zero-order chi connectivity index (χ0) is 19.1. The standard InChI is InChI=1S/C18H12FN5O3/c1-10-15-17(23(22-10)13-8-4-12(19)5-9-13)20-16(21-18(15)25)11-2-6-14(7-3-11)24(26)27/h2-9H,1H3,(H,20,21,25).